The molecule has 84 valence electrons. The summed E-state index contributed by atoms with van der Waals surface area (Å²) in [7, 11) is 0. The molecule has 0 fully saturated rings. The number of nitrogens with two attached hydrogens (primary N) is 1. The molecular formula is C8H10N6OS. The van der Waals surface area contributed by atoms with Crippen LogP contribution in [0.3, 0.4) is 0 Å². The summed E-state index contributed by atoms with van der Waals surface area (Å²) in [5.74, 6) is 1.20. The van der Waals surface area contributed by atoms with E-state index in [0.29, 0.717) is 23.0 Å². The zero-order valence-corrected chi connectivity index (χ0v) is 9.32. The Bertz CT molecular complexity index is 551. The molecule has 16 heavy (non-hydrogen) atoms. The summed E-state index contributed by atoms with van der Waals surface area (Å²) in [6.07, 6.45) is 0. The van der Waals surface area contributed by atoms with E-state index in [2.05, 4.69) is 15.1 Å². The van der Waals surface area contributed by atoms with Crippen molar-refractivity contribution in [2.45, 2.75) is 12.7 Å². The number of nitrogens with zero attached hydrogens (tertiary/aromatic N) is 4. The topological polar surface area (TPSA) is 113 Å². The number of hydrogen-bond donors (Lipinski definition) is 3. The van der Waals surface area contributed by atoms with Crippen molar-refractivity contribution in [1.82, 2.24) is 19.6 Å². The van der Waals surface area contributed by atoms with E-state index in [1.54, 1.807) is 6.92 Å². The fourth-order valence-corrected chi connectivity index (χ4v) is 1.62. The second-order valence-electron chi connectivity index (χ2n) is 3.15. The molecular weight excluding hydrogens is 228 g/mol. The Hall–Kier alpha value is -1.83. The molecule has 0 unspecified atom stereocenters. The number of rotatable bonds is 2. The van der Waals surface area contributed by atoms with Crippen LogP contribution in [0.4, 0.5) is 0 Å². The predicted molar refractivity (Wildman–Crippen MR) is 60.4 cm³/mol. The third kappa shape index (κ3) is 2.06. The molecule has 2 aromatic rings. The van der Waals surface area contributed by atoms with Crippen LogP contribution in [0.2, 0.25) is 0 Å². The zero-order chi connectivity index (χ0) is 11.7. The lowest BCUT2D eigenvalue weighted by atomic mass is 10.4. The van der Waals surface area contributed by atoms with E-state index in [0.717, 1.165) is 11.8 Å². The highest BCUT2D eigenvalue weighted by Crippen LogP contribution is 2.14. The minimum atomic E-state index is -0.00549. The molecule has 8 heteroatoms. The van der Waals surface area contributed by atoms with E-state index in [4.69, 9.17) is 11.1 Å². The van der Waals surface area contributed by atoms with E-state index in [9.17, 15) is 5.11 Å². The second-order valence-corrected chi connectivity index (χ2v) is 4.17. The maximum atomic E-state index is 9.59. The summed E-state index contributed by atoms with van der Waals surface area (Å²) in [5, 5.41) is 20.7. The van der Waals surface area contributed by atoms with Gasteiger partial charge in [0.15, 0.2) is 11.0 Å². The minimum absolute atomic E-state index is 0.00549. The minimum Gasteiger partial charge on any atom is -0.493 e. The Balaban J connectivity index is 2.36. The molecule has 0 spiro atoms. The number of amidine groups is 1. The first-order valence-electron chi connectivity index (χ1n) is 4.45. The summed E-state index contributed by atoms with van der Waals surface area (Å²) >= 11 is 1.12. The fourth-order valence-electron chi connectivity index (χ4n) is 1.21. The van der Waals surface area contributed by atoms with Gasteiger partial charge in [0.2, 0.25) is 5.88 Å². The third-order valence-electron chi connectivity index (χ3n) is 1.82. The predicted octanol–water partition coefficient (Wildman–Crippen LogP) is 0.265. The van der Waals surface area contributed by atoms with Gasteiger partial charge >= 0.3 is 0 Å². The molecule has 2 heterocycles. The van der Waals surface area contributed by atoms with Gasteiger partial charge < -0.3 is 10.8 Å². The highest BCUT2D eigenvalue weighted by molar-refractivity contribution is 8.12. The van der Waals surface area contributed by atoms with Gasteiger partial charge in [0.1, 0.15) is 0 Å². The summed E-state index contributed by atoms with van der Waals surface area (Å²) in [6, 6.07) is 1.50. The van der Waals surface area contributed by atoms with Crippen LogP contribution in [0.5, 0.6) is 5.88 Å². The van der Waals surface area contributed by atoms with Crippen molar-refractivity contribution in [1.29, 1.82) is 5.41 Å². The highest BCUT2D eigenvalue weighted by Gasteiger charge is 2.09. The van der Waals surface area contributed by atoms with Crippen molar-refractivity contribution < 1.29 is 5.11 Å². The van der Waals surface area contributed by atoms with Crippen LogP contribution in [0.15, 0.2) is 6.07 Å². The van der Waals surface area contributed by atoms with Gasteiger partial charge in [0.25, 0.3) is 5.78 Å². The first-order chi connectivity index (χ1) is 7.56. The zero-order valence-electron chi connectivity index (χ0n) is 8.51. The largest absolute Gasteiger partial charge is 0.493 e. The van der Waals surface area contributed by atoms with Crippen molar-refractivity contribution in [3.05, 3.63) is 17.6 Å². The molecule has 0 atom stereocenters. The monoisotopic (exact) mass is 238 g/mol. The van der Waals surface area contributed by atoms with Crippen LogP contribution < -0.4 is 5.73 Å². The number of nitrogens with one attached hydrogen (secondary N) is 1. The lowest BCUT2D eigenvalue weighted by Gasteiger charge is -1.95. The molecule has 2 rings (SSSR count). The lowest BCUT2D eigenvalue weighted by Crippen LogP contribution is -2.04. The molecule has 0 aliphatic carbocycles. The van der Waals surface area contributed by atoms with E-state index >= 15 is 0 Å². The molecule has 7 nitrogen and oxygen atoms in total. The molecule has 2 aromatic heterocycles. The van der Waals surface area contributed by atoms with Gasteiger partial charge in [-0.25, -0.2) is 4.98 Å². The van der Waals surface area contributed by atoms with Gasteiger partial charge in [-0.15, -0.1) is 5.10 Å². The maximum Gasteiger partial charge on any atom is 0.255 e. The van der Waals surface area contributed by atoms with Gasteiger partial charge in [-0.1, -0.05) is 11.8 Å². The van der Waals surface area contributed by atoms with Gasteiger partial charge in [0, 0.05) is 11.8 Å². The number of fused-ring (bicyclic) bond motifs is 1. The van der Waals surface area contributed by atoms with Gasteiger partial charge in [-0.2, -0.15) is 9.50 Å². The molecule has 0 amide bonds. The van der Waals surface area contributed by atoms with Crippen LogP contribution in [0, 0.1) is 12.3 Å². The summed E-state index contributed by atoms with van der Waals surface area (Å²) in [6.45, 7) is 1.76. The van der Waals surface area contributed by atoms with E-state index in [-0.39, 0.29) is 11.0 Å². The summed E-state index contributed by atoms with van der Waals surface area (Å²) in [5.41, 5.74) is 5.88. The Morgan fingerprint density at radius 3 is 3.06 bits per heavy atom. The molecule has 4 N–H and O–H groups in total. The average Bonchev–Trinajstić information content (AvgIpc) is 2.57. The van der Waals surface area contributed by atoms with Crippen LogP contribution in [-0.2, 0) is 5.75 Å². The standard InChI is InChI=1S/C8H10N6OS/c1-4-2-6(15)14-8(11-4)12-5(13-14)3-16-7(9)10/h2,15H,3H2,1H3,(H3,9,10). The lowest BCUT2D eigenvalue weighted by molar-refractivity contribution is 0.434. The molecule has 0 bridgehead atoms. The summed E-state index contributed by atoms with van der Waals surface area (Å²) < 4.78 is 1.25. The smallest absolute Gasteiger partial charge is 0.255 e. The molecule has 0 radical (unpaired) electrons. The number of aromatic hydroxyl groups is 1. The number of aromatic nitrogens is 4. The van der Waals surface area contributed by atoms with Crippen molar-refractivity contribution >= 4 is 22.7 Å². The Morgan fingerprint density at radius 2 is 2.38 bits per heavy atom. The van der Waals surface area contributed by atoms with Crippen LogP contribution in [0.1, 0.15) is 11.5 Å². The Labute approximate surface area is 95.2 Å². The third-order valence-corrected chi connectivity index (χ3v) is 2.54. The first kappa shape index (κ1) is 10.7. The fraction of sp³-hybridized carbons (Fsp3) is 0.250. The quantitative estimate of drug-likeness (QED) is 0.511. The van der Waals surface area contributed by atoms with Crippen LogP contribution in [0.25, 0.3) is 5.78 Å². The van der Waals surface area contributed by atoms with Crippen molar-refractivity contribution in [2.24, 2.45) is 5.73 Å². The van der Waals surface area contributed by atoms with Crippen molar-refractivity contribution in [3.8, 4) is 5.88 Å². The Kier molecular flexibility index (Phi) is 2.65. The molecule has 0 aliphatic heterocycles. The normalized spacial score (nSPS) is 10.8. The van der Waals surface area contributed by atoms with Crippen LogP contribution in [-0.4, -0.2) is 29.9 Å². The number of hydrogen-bond acceptors (Lipinski definition) is 6. The van der Waals surface area contributed by atoms with Gasteiger partial charge in [-0.05, 0) is 6.92 Å². The second kappa shape index (κ2) is 3.97. The van der Waals surface area contributed by atoms with Crippen molar-refractivity contribution in [2.75, 3.05) is 0 Å². The van der Waals surface area contributed by atoms with Crippen LogP contribution >= 0.6 is 11.8 Å². The van der Waals surface area contributed by atoms with Gasteiger partial charge in [0.05, 0.1) is 5.75 Å². The maximum absolute atomic E-state index is 9.59. The number of thioether (sulfide) groups is 1. The molecule has 0 aliphatic rings. The molecule has 0 aromatic carbocycles. The molecule has 0 saturated carbocycles. The SMILES string of the molecule is Cc1cc(O)n2nc(CSC(=N)N)nc2n1. The van der Waals surface area contributed by atoms with Crippen molar-refractivity contribution in [3.63, 3.8) is 0 Å². The average molecular weight is 238 g/mol. The van der Waals surface area contributed by atoms with E-state index in [1.807, 2.05) is 0 Å². The highest BCUT2D eigenvalue weighted by atomic mass is 32.2. The first-order valence-corrected chi connectivity index (χ1v) is 5.44. The number of aryl methyl sites for hydroxylation is 1. The Morgan fingerprint density at radius 1 is 1.62 bits per heavy atom. The summed E-state index contributed by atoms with van der Waals surface area (Å²) in [4.78, 5) is 8.23. The van der Waals surface area contributed by atoms with E-state index < -0.39 is 0 Å². The van der Waals surface area contributed by atoms with Gasteiger partial charge in [-0.3, -0.25) is 5.41 Å². The van der Waals surface area contributed by atoms with E-state index in [1.165, 1.54) is 10.6 Å². The molecule has 0 saturated heterocycles.